The highest BCUT2D eigenvalue weighted by atomic mass is 16.5. The number of aromatic amines is 1. The van der Waals surface area contributed by atoms with E-state index in [0.29, 0.717) is 43.9 Å². The number of nitrogens with zero attached hydrogens (tertiary/aromatic N) is 4. The molecule has 2 aliphatic heterocycles. The lowest BCUT2D eigenvalue weighted by atomic mass is 10.1. The fraction of sp³-hybridized carbons (Fsp3) is 0.304. The molecule has 0 spiro atoms. The maximum absolute atomic E-state index is 13.2. The maximum atomic E-state index is 13.2. The first-order chi connectivity index (χ1) is 15.2. The molecule has 0 radical (unpaired) electrons. The molecule has 0 unspecified atom stereocenters. The molecule has 2 fully saturated rings. The van der Waals surface area contributed by atoms with E-state index in [9.17, 15) is 9.59 Å². The van der Waals surface area contributed by atoms with Crippen molar-refractivity contribution in [3.63, 3.8) is 0 Å². The number of amides is 2. The standard InChI is InChI=1S/C23H23N5O3/c29-22(9-6-16-4-2-1-3-5-16)28-12-17-11-27(13-19(28)15-31-14-17)23(30)18-7-8-20-21(10-18)25-26-24-20/h1-10,17,19H,11-15H2,(H,24,25,26)/b9-6+/t17-,19-/m0/s1. The second-order valence-electron chi connectivity index (χ2n) is 8.03. The van der Waals surface area contributed by atoms with Gasteiger partial charge in [0.15, 0.2) is 0 Å². The van der Waals surface area contributed by atoms with E-state index in [-0.39, 0.29) is 23.8 Å². The van der Waals surface area contributed by atoms with Crippen molar-refractivity contribution in [3.8, 4) is 0 Å². The van der Waals surface area contributed by atoms with E-state index in [1.54, 1.807) is 24.3 Å². The van der Waals surface area contributed by atoms with Crippen molar-refractivity contribution in [3.05, 3.63) is 65.7 Å². The molecule has 158 valence electrons. The van der Waals surface area contributed by atoms with Crippen LogP contribution in [0.25, 0.3) is 17.1 Å². The summed E-state index contributed by atoms with van der Waals surface area (Å²) in [6, 6.07) is 14.9. The largest absolute Gasteiger partial charge is 0.379 e. The van der Waals surface area contributed by atoms with Crippen molar-refractivity contribution in [2.24, 2.45) is 5.92 Å². The van der Waals surface area contributed by atoms with Gasteiger partial charge in [-0.05, 0) is 29.8 Å². The van der Waals surface area contributed by atoms with E-state index < -0.39 is 0 Å². The van der Waals surface area contributed by atoms with Gasteiger partial charge in [-0.25, -0.2) is 0 Å². The summed E-state index contributed by atoms with van der Waals surface area (Å²) in [7, 11) is 0. The van der Waals surface area contributed by atoms with Gasteiger partial charge in [0.1, 0.15) is 11.0 Å². The van der Waals surface area contributed by atoms with Gasteiger partial charge in [-0.3, -0.25) is 9.59 Å². The van der Waals surface area contributed by atoms with Crippen LogP contribution in [0.1, 0.15) is 15.9 Å². The number of hydrogen-bond acceptors (Lipinski definition) is 5. The lowest BCUT2D eigenvalue weighted by Gasteiger charge is -2.30. The predicted molar refractivity (Wildman–Crippen MR) is 115 cm³/mol. The Bertz CT molecular complexity index is 1130. The summed E-state index contributed by atoms with van der Waals surface area (Å²) in [5.41, 5.74) is 2.93. The lowest BCUT2D eigenvalue weighted by Crippen LogP contribution is -2.47. The van der Waals surface area contributed by atoms with Crippen LogP contribution < -0.4 is 0 Å². The van der Waals surface area contributed by atoms with E-state index in [1.165, 1.54) is 0 Å². The van der Waals surface area contributed by atoms with Gasteiger partial charge < -0.3 is 14.5 Å². The van der Waals surface area contributed by atoms with Crippen LogP contribution in [0.5, 0.6) is 0 Å². The van der Waals surface area contributed by atoms with E-state index in [4.69, 9.17) is 4.74 Å². The second-order valence-corrected chi connectivity index (χ2v) is 8.03. The molecule has 0 saturated carbocycles. The Hall–Kier alpha value is -3.52. The topological polar surface area (TPSA) is 91.4 Å². The number of aromatic nitrogens is 3. The van der Waals surface area contributed by atoms with Crippen molar-refractivity contribution in [2.45, 2.75) is 6.04 Å². The maximum Gasteiger partial charge on any atom is 0.254 e. The molecule has 2 aliphatic rings. The average molecular weight is 417 g/mol. The Morgan fingerprint density at radius 1 is 1.00 bits per heavy atom. The van der Waals surface area contributed by atoms with Gasteiger partial charge in [0.2, 0.25) is 5.91 Å². The van der Waals surface area contributed by atoms with E-state index in [1.807, 2.05) is 46.2 Å². The fourth-order valence-corrected chi connectivity index (χ4v) is 4.26. The SMILES string of the molecule is O=C(c1ccc2n[nH]nc2c1)N1C[C@@H]2COC[C@H](C1)N(C(=O)/C=C/c1ccccc1)C2. The van der Waals surface area contributed by atoms with Crippen LogP contribution in [-0.2, 0) is 9.53 Å². The molecule has 0 aliphatic carbocycles. The third-order valence-electron chi connectivity index (χ3n) is 5.82. The zero-order valence-corrected chi connectivity index (χ0v) is 17.0. The van der Waals surface area contributed by atoms with Crippen molar-refractivity contribution < 1.29 is 14.3 Å². The van der Waals surface area contributed by atoms with Crippen molar-refractivity contribution >= 4 is 28.9 Å². The highest BCUT2D eigenvalue weighted by Crippen LogP contribution is 2.23. The molecule has 1 aromatic heterocycles. The van der Waals surface area contributed by atoms with Gasteiger partial charge in [-0.1, -0.05) is 30.3 Å². The van der Waals surface area contributed by atoms with Gasteiger partial charge in [0.05, 0.1) is 19.3 Å². The molecule has 2 aromatic carbocycles. The summed E-state index contributed by atoms with van der Waals surface area (Å²) in [4.78, 5) is 29.9. The summed E-state index contributed by atoms with van der Waals surface area (Å²) < 4.78 is 5.81. The molecule has 3 heterocycles. The van der Waals surface area contributed by atoms with Gasteiger partial charge in [-0.2, -0.15) is 15.4 Å². The number of nitrogens with one attached hydrogen (secondary N) is 1. The lowest BCUT2D eigenvalue weighted by molar-refractivity contribution is -0.128. The molecule has 2 saturated heterocycles. The third-order valence-corrected chi connectivity index (χ3v) is 5.82. The molecule has 1 N–H and O–H groups in total. The zero-order chi connectivity index (χ0) is 21.2. The number of ether oxygens (including phenoxy) is 1. The Morgan fingerprint density at radius 2 is 1.84 bits per heavy atom. The number of hydrogen-bond donors (Lipinski definition) is 1. The van der Waals surface area contributed by atoms with E-state index >= 15 is 0 Å². The molecule has 2 amide bonds. The van der Waals surface area contributed by atoms with Crippen LogP contribution in [0.15, 0.2) is 54.6 Å². The first-order valence-corrected chi connectivity index (χ1v) is 10.4. The first kappa shape index (κ1) is 19.4. The number of carbonyl (C=O) groups excluding carboxylic acids is 2. The second kappa shape index (κ2) is 8.31. The molecule has 5 rings (SSSR count). The summed E-state index contributed by atoms with van der Waals surface area (Å²) in [6.07, 6.45) is 3.44. The molecule has 31 heavy (non-hydrogen) atoms. The number of carbonyl (C=O) groups is 2. The Kier molecular flexibility index (Phi) is 5.21. The minimum absolute atomic E-state index is 0.0531. The van der Waals surface area contributed by atoms with Crippen molar-refractivity contribution in [1.82, 2.24) is 25.2 Å². The first-order valence-electron chi connectivity index (χ1n) is 10.4. The number of fused-ring (bicyclic) bond motifs is 4. The van der Waals surface area contributed by atoms with Crippen molar-refractivity contribution in [2.75, 3.05) is 32.8 Å². The van der Waals surface area contributed by atoms with Crippen molar-refractivity contribution in [1.29, 1.82) is 0 Å². The van der Waals surface area contributed by atoms with Crippen LogP contribution >= 0.6 is 0 Å². The minimum Gasteiger partial charge on any atom is -0.379 e. The van der Waals surface area contributed by atoms with Crippen LogP contribution in [0, 0.1) is 5.92 Å². The van der Waals surface area contributed by atoms with E-state index in [2.05, 4.69) is 15.4 Å². The Labute approximate surface area is 179 Å². The zero-order valence-electron chi connectivity index (χ0n) is 17.0. The normalized spacial score (nSPS) is 21.4. The number of H-pyrrole nitrogens is 1. The molecule has 8 heteroatoms. The van der Waals surface area contributed by atoms with Gasteiger partial charge in [-0.15, -0.1) is 0 Å². The predicted octanol–water partition coefficient (Wildman–Crippen LogP) is 1.97. The molecule has 2 atom stereocenters. The monoisotopic (exact) mass is 417 g/mol. The molecular formula is C23H23N5O3. The quantitative estimate of drug-likeness (QED) is 0.658. The highest BCUT2D eigenvalue weighted by molar-refractivity contribution is 5.97. The van der Waals surface area contributed by atoms with Crippen LogP contribution in [0.2, 0.25) is 0 Å². The fourth-order valence-electron chi connectivity index (χ4n) is 4.26. The van der Waals surface area contributed by atoms with Crippen LogP contribution in [0.3, 0.4) is 0 Å². The third kappa shape index (κ3) is 4.06. The molecule has 3 aromatic rings. The highest BCUT2D eigenvalue weighted by Gasteiger charge is 2.37. The number of benzene rings is 2. The summed E-state index contributed by atoms with van der Waals surface area (Å²) in [6.45, 7) is 2.53. The van der Waals surface area contributed by atoms with Crippen LogP contribution in [-0.4, -0.2) is 75.9 Å². The Balaban J connectivity index is 1.35. The minimum atomic E-state index is -0.180. The molecular weight excluding hydrogens is 394 g/mol. The van der Waals surface area contributed by atoms with Gasteiger partial charge in [0, 0.05) is 37.2 Å². The van der Waals surface area contributed by atoms with E-state index in [0.717, 1.165) is 11.1 Å². The molecule has 2 bridgehead atoms. The van der Waals surface area contributed by atoms with Gasteiger partial charge in [0.25, 0.3) is 5.91 Å². The summed E-state index contributed by atoms with van der Waals surface area (Å²) >= 11 is 0. The summed E-state index contributed by atoms with van der Waals surface area (Å²) in [5.74, 6) is -0.0418. The van der Waals surface area contributed by atoms with Gasteiger partial charge >= 0.3 is 0 Å². The smallest absolute Gasteiger partial charge is 0.254 e. The summed E-state index contributed by atoms with van der Waals surface area (Å²) in [5, 5.41) is 10.7. The Morgan fingerprint density at radius 3 is 2.71 bits per heavy atom. The molecule has 8 nitrogen and oxygen atoms in total. The average Bonchev–Trinajstić information content (AvgIpc) is 3.06. The number of rotatable bonds is 3. The van der Waals surface area contributed by atoms with Crippen LogP contribution in [0.4, 0.5) is 0 Å².